The van der Waals surface area contributed by atoms with E-state index in [2.05, 4.69) is 4.98 Å². The van der Waals surface area contributed by atoms with Gasteiger partial charge in [-0.2, -0.15) is 0 Å². The van der Waals surface area contributed by atoms with Crippen LogP contribution in [0.5, 0.6) is 0 Å². The molecule has 5 nitrogen and oxygen atoms in total. The van der Waals surface area contributed by atoms with Crippen LogP contribution in [-0.2, 0) is 20.3 Å². The van der Waals surface area contributed by atoms with Crippen molar-refractivity contribution in [2.75, 3.05) is 12.4 Å². The van der Waals surface area contributed by atoms with E-state index in [0.717, 1.165) is 24.0 Å². The molecule has 2 heterocycles. The van der Waals surface area contributed by atoms with Crippen LogP contribution in [-0.4, -0.2) is 31.9 Å². The second-order valence-corrected chi connectivity index (χ2v) is 7.81. The molecule has 1 aromatic carbocycles. The van der Waals surface area contributed by atoms with Gasteiger partial charge in [0.05, 0.1) is 23.3 Å². The fourth-order valence-electron chi connectivity index (χ4n) is 2.55. The van der Waals surface area contributed by atoms with Crippen molar-refractivity contribution in [3.63, 3.8) is 0 Å². The molecule has 1 aromatic heterocycles. The van der Waals surface area contributed by atoms with Crippen LogP contribution < -0.4 is 0 Å². The van der Waals surface area contributed by atoms with Crippen molar-refractivity contribution in [1.29, 1.82) is 0 Å². The van der Waals surface area contributed by atoms with Gasteiger partial charge in [-0.1, -0.05) is 17.7 Å². The summed E-state index contributed by atoms with van der Waals surface area (Å²) in [5.41, 5.74) is 2.43. The molecule has 0 bridgehead atoms. The first kappa shape index (κ1) is 15.2. The van der Waals surface area contributed by atoms with Gasteiger partial charge < -0.3 is 9.15 Å². The van der Waals surface area contributed by atoms with Crippen molar-refractivity contribution >= 4 is 9.84 Å². The van der Waals surface area contributed by atoms with Crippen molar-refractivity contribution in [3.05, 3.63) is 41.8 Å². The Kier molecular flexibility index (Phi) is 4.31. The zero-order valence-electron chi connectivity index (χ0n) is 12.5. The number of aryl methyl sites for hydroxylation is 1. The predicted octanol–water partition coefficient (Wildman–Crippen LogP) is 2.74. The maximum absolute atomic E-state index is 12.2. The number of ether oxygens (including phenoxy) is 1. The second kappa shape index (κ2) is 6.22. The Morgan fingerprint density at radius 2 is 2.05 bits per heavy atom. The van der Waals surface area contributed by atoms with Crippen molar-refractivity contribution < 1.29 is 17.6 Å². The third-order valence-electron chi connectivity index (χ3n) is 3.68. The Morgan fingerprint density at radius 3 is 2.73 bits per heavy atom. The molecule has 0 N–H and O–H groups in total. The smallest absolute Gasteiger partial charge is 0.226 e. The SMILES string of the molecule is Cc1ccc(-c2nc(CS(=O)(=O)C[C@H]3CCCO3)co2)cc1. The Hall–Kier alpha value is -1.66. The minimum Gasteiger partial charge on any atom is -0.444 e. The van der Waals surface area contributed by atoms with Crippen LogP contribution in [0, 0.1) is 6.92 Å². The third kappa shape index (κ3) is 3.75. The minimum atomic E-state index is -3.24. The van der Waals surface area contributed by atoms with Crippen LogP contribution in [0.2, 0.25) is 0 Å². The van der Waals surface area contributed by atoms with Crippen molar-refractivity contribution in [3.8, 4) is 11.5 Å². The van der Waals surface area contributed by atoms with Gasteiger partial charge in [-0.3, -0.25) is 0 Å². The van der Waals surface area contributed by atoms with Crippen LogP contribution in [0.15, 0.2) is 34.9 Å². The lowest BCUT2D eigenvalue weighted by molar-refractivity contribution is 0.127. The molecule has 0 unspecified atom stereocenters. The number of hydrogen-bond donors (Lipinski definition) is 0. The second-order valence-electron chi connectivity index (χ2n) is 5.70. The summed E-state index contributed by atoms with van der Waals surface area (Å²) in [6.07, 6.45) is 2.99. The monoisotopic (exact) mass is 321 g/mol. The molecule has 2 aromatic rings. The normalized spacial score (nSPS) is 18.7. The molecular weight excluding hydrogens is 302 g/mol. The molecule has 1 fully saturated rings. The summed E-state index contributed by atoms with van der Waals surface area (Å²) in [6, 6.07) is 7.75. The predicted molar refractivity (Wildman–Crippen MR) is 83.1 cm³/mol. The molecule has 1 aliphatic heterocycles. The Bertz CT molecular complexity index is 728. The lowest BCUT2D eigenvalue weighted by Gasteiger charge is -2.08. The molecule has 1 atom stereocenters. The van der Waals surface area contributed by atoms with E-state index >= 15 is 0 Å². The largest absolute Gasteiger partial charge is 0.444 e. The molecule has 22 heavy (non-hydrogen) atoms. The zero-order chi connectivity index (χ0) is 15.6. The molecule has 3 rings (SSSR count). The maximum atomic E-state index is 12.2. The summed E-state index contributed by atoms with van der Waals surface area (Å²) in [5, 5.41) is 0. The molecule has 1 saturated heterocycles. The van der Waals surface area contributed by atoms with Gasteiger partial charge in [0.1, 0.15) is 6.26 Å². The van der Waals surface area contributed by atoms with Crippen LogP contribution in [0.1, 0.15) is 24.1 Å². The summed E-state index contributed by atoms with van der Waals surface area (Å²) in [7, 11) is -3.24. The number of oxazole rings is 1. The van der Waals surface area contributed by atoms with E-state index < -0.39 is 9.84 Å². The summed E-state index contributed by atoms with van der Waals surface area (Å²) in [6.45, 7) is 2.66. The van der Waals surface area contributed by atoms with Crippen LogP contribution in [0.25, 0.3) is 11.5 Å². The van der Waals surface area contributed by atoms with E-state index in [1.54, 1.807) is 0 Å². The quantitative estimate of drug-likeness (QED) is 0.847. The number of sulfone groups is 1. The van der Waals surface area contributed by atoms with E-state index in [1.807, 2.05) is 31.2 Å². The third-order valence-corrected chi connectivity index (χ3v) is 5.30. The van der Waals surface area contributed by atoms with Gasteiger partial charge in [-0.05, 0) is 31.9 Å². The van der Waals surface area contributed by atoms with Crippen LogP contribution in [0.3, 0.4) is 0 Å². The number of rotatable bonds is 5. The molecule has 0 spiro atoms. The number of benzene rings is 1. The molecule has 6 heteroatoms. The number of hydrogen-bond acceptors (Lipinski definition) is 5. The summed E-state index contributed by atoms with van der Waals surface area (Å²) < 4.78 is 35.2. The van der Waals surface area contributed by atoms with E-state index in [-0.39, 0.29) is 17.6 Å². The highest BCUT2D eigenvalue weighted by atomic mass is 32.2. The fraction of sp³-hybridized carbons (Fsp3) is 0.438. The highest BCUT2D eigenvalue weighted by molar-refractivity contribution is 7.90. The molecule has 0 amide bonds. The van der Waals surface area contributed by atoms with Crippen LogP contribution in [0.4, 0.5) is 0 Å². The Labute approximate surface area is 130 Å². The topological polar surface area (TPSA) is 69.4 Å². The van der Waals surface area contributed by atoms with Gasteiger partial charge >= 0.3 is 0 Å². The first-order valence-electron chi connectivity index (χ1n) is 7.35. The summed E-state index contributed by atoms with van der Waals surface area (Å²) in [4.78, 5) is 4.28. The zero-order valence-corrected chi connectivity index (χ0v) is 13.3. The number of aromatic nitrogens is 1. The van der Waals surface area contributed by atoms with Crippen molar-refractivity contribution in [2.45, 2.75) is 31.6 Å². The minimum absolute atomic E-state index is 0.0553. The molecule has 0 saturated carbocycles. The fourth-order valence-corrected chi connectivity index (χ4v) is 4.08. The lowest BCUT2D eigenvalue weighted by Crippen LogP contribution is -2.21. The number of nitrogens with zero attached hydrogens (tertiary/aromatic N) is 1. The Balaban J connectivity index is 1.69. The van der Waals surface area contributed by atoms with Gasteiger partial charge in [0.2, 0.25) is 5.89 Å². The van der Waals surface area contributed by atoms with Crippen LogP contribution >= 0.6 is 0 Å². The van der Waals surface area contributed by atoms with Gasteiger partial charge in [0.25, 0.3) is 0 Å². The molecule has 0 aliphatic carbocycles. The maximum Gasteiger partial charge on any atom is 0.226 e. The van der Waals surface area contributed by atoms with Gasteiger partial charge in [-0.15, -0.1) is 0 Å². The van der Waals surface area contributed by atoms with Gasteiger partial charge in [0.15, 0.2) is 9.84 Å². The van der Waals surface area contributed by atoms with E-state index in [0.29, 0.717) is 18.2 Å². The van der Waals surface area contributed by atoms with E-state index in [9.17, 15) is 8.42 Å². The van der Waals surface area contributed by atoms with Gasteiger partial charge in [-0.25, -0.2) is 13.4 Å². The lowest BCUT2D eigenvalue weighted by atomic mass is 10.1. The first-order valence-corrected chi connectivity index (χ1v) is 9.17. The summed E-state index contributed by atoms with van der Waals surface area (Å²) in [5.74, 6) is 0.393. The molecule has 118 valence electrons. The average molecular weight is 321 g/mol. The van der Waals surface area contributed by atoms with Crippen molar-refractivity contribution in [2.24, 2.45) is 0 Å². The molecule has 0 radical (unpaired) electrons. The molecule has 1 aliphatic rings. The van der Waals surface area contributed by atoms with E-state index in [1.165, 1.54) is 6.26 Å². The van der Waals surface area contributed by atoms with Crippen molar-refractivity contribution in [1.82, 2.24) is 4.98 Å². The highest BCUT2D eigenvalue weighted by Gasteiger charge is 2.24. The highest BCUT2D eigenvalue weighted by Crippen LogP contribution is 2.21. The average Bonchev–Trinajstić information content (AvgIpc) is 3.10. The standard InChI is InChI=1S/C16H19NO4S/c1-12-4-6-13(7-5-12)16-17-14(9-21-16)10-22(18,19)11-15-3-2-8-20-15/h4-7,9,15H,2-3,8,10-11H2,1H3/t15-/m1/s1. The Morgan fingerprint density at radius 1 is 1.27 bits per heavy atom. The first-order chi connectivity index (χ1) is 10.5. The molecular formula is C16H19NO4S. The van der Waals surface area contributed by atoms with E-state index in [4.69, 9.17) is 9.15 Å². The van der Waals surface area contributed by atoms with Gasteiger partial charge in [0, 0.05) is 12.2 Å². The summed E-state index contributed by atoms with van der Waals surface area (Å²) >= 11 is 0.